The molecule has 1 aliphatic rings. The van der Waals surface area contributed by atoms with Crippen LogP contribution in [0.15, 0.2) is 18.2 Å². The summed E-state index contributed by atoms with van der Waals surface area (Å²) in [5, 5.41) is 8.68. The van der Waals surface area contributed by atoms with Crippen LogP contribution in [0.2, 0.25) is 0 Å². The summed E-state index contributed by atoms with van der Waals surface area (Å²) in [6, 6.07) is 4.36. The first-order chi connectivity index (χ1) is 9.63. The number of hydrogen-bond donors (Lipinski definition) is 1. The number of amides is 1. The summed E-state index contributed by atoms with van der Waals surface area (Å²) in [6.45, 7) is 2.40. The molecule has 1 aromatic carbocycles. The third kappa shape index (κ3) is 3.17. The largest absolute Gasteiger partial charge is 0.384 e. The lowest BCUT2D eigenvalue weighted by Gasteiger charge is -2.33. The first kappa shape index (κ1) is 14.5. The smallest absolute Gasteiger partial charge is 0.257 e. The Morgan fingerprint density at radius 1 is 1.50 bits per heavy atom. The van der Waals surface area contributed by atoms with Crippen molar-refractivity contribution < 1.29 is 14.3 Å². The molecule has 1 aromatic rings. The highest BCUT2D eigenvalue weighted by atomic mass is 19.1. The lowest BCUT2D eigenvalue weighted by molar-refractivity contribution is 0.0631. The number of likely N-dealkylation sites (tertiary alicyclic amines) is 1. The van der Waals surface area contributed by atoms with Crippen molar-refractivity contribution in [1.29, 1.82) is 0 Å². The van der Waals surface area contributed by atoms with E-state index in [1.807, 2.05) is 6.92 Å². The number of aliphatic hydroxyl groups is 1. The third-order valence-electron chi connectivity index (χ3n) is 3.57. The van der Waals surface area contributed by atoms with Gasteiger partial charge in [0.25, 0.3) is 5.91 Å². The number of piperidine rings is 1. The highest BCUT2D eigenvalue weighted by Crippen LogP contribution is 2.21. The molecule has 1 aliphatic heterocycles. The third-order valence-corrected chi connectivity index (χ3v) is 3.57. The second-order valence-corrected chi connectivity index (χ2v) is 5.00. The number of aliphatic hydroxyl groups excluding tert-OH is 1. The molecule has 1 saturated heterocycles. The summed E-state index contributed by atoms with van der Waals surface area (Å²) < 4.78 is 13.9. The molecule has 0 aromatic heterocycles. The molecule has 0 bridgehead atoms. The van der Waals surface area contributed by atoms with Gasteiger partial charge in [0.05, 0.1) is 5.56 Å². The van der Waals surface area contributed by atoms with Crippen LogP contribution in [-0.4, -0.2) is 35.1 Å². The maximum Gasteiger partial charge on any atom is 0.257 e. The number of halogens is 1. The van der Waals surface area contributed by atoms with Crippen LogP contribution in [0.3, 0.4) is 0 Å². The average Bonchev–Trinajstić information content (AvgIpc) is 2.46. The minimum atomic E-state index is -0.526. The van der Waals surface area contributed by atoms with E-state index < -0.39 is 5.82 Å². The van der Waals surface area contributed by atoms with Crippen LogP contribution < -0.4 is 0 Å². The van der Waals surface area contributed by atoms with Gasteiger partial charge in [0.15, 0.2) is 0 Å². The van der Waals surface area contributed by atoms with Gasteiger partial charge in [-0.3, -0.25) is 4.79 Å². The predicted octanol–water partition coefficient (Wildman–Crippen LogP) is 2.18. The molecule has 1 unspecified atom stereocenters. The first-order valence-corrected chi connectivity index (χ1v) is 6.83. The van der Waals surface area contributed by atoms with E-state index in [0.29, 0.717) is 12.1 Å². The standard InChI is InChI=1S/C16H18FNO2/c1-12-5-2-3-9-18(12)16(20)14-11-13(6-4-10-19)7-8-15(14)17/h7-8,11-12,19H,2-3,5,9-10H2,1H3. The second kappa shape index (κ2) is 6.53. The van der Waals surface area contributed by atoms with Crippen LogP contribution in [-0.2, 0) is 0 Å². The van der Waals surface area contributed by atoms with Crippen molar-refractivity contribution in [3.8, 4) is 11.8 Å². The van der Waals surface area contributed by atoms with E-state index in [1.165, 1.54) is 18.2 Å². The van der Waals surface area contributed by atoms with Gasteiger partial charge < -0.3 is 10.0 Å². The fraction of sp³-hybridized carbons (Fsp3) is 0.438. The number of hydrogen-bond acceptors (Lipinski definition) is 2. The lowest BCUT2D eigenvalue weighted by Crippen LogP contribution is -2.42. The molecular weight excluding hydrogens is 257 g/mol. The van der Waals surface area contributed by atoms with E-state index in [-0.39, 0.29) is 24.1 Å². The molecule has 0 aliphatic carbocycles. The second-order valence-electron chi connectivity index (χ2n) is 5.00. The maximum absolute atomic E-state index is 13.9. The van der Waals surface area contributed by atoms with Crippen molar-refractivity contribution in [2.45, 2.75) is 32.2 Å². The lowest BCUT2D eigenvalue weighted by atomic mass is 10.0. The summed E-state index contributed by atoms with van der Waals surface area (Å²) >= 11 is 0. The van der Waals surface area contributed by atoms with Gasteiger partial charge in [-0.15, -0.1) is 0 Å². The van der Waals surface area contributed by atoms with Gasteiger partial charge in [0.2, 0.25) is 0 Å². The molecule has 2 rings (SSSR count). The van der Waals surface area contributed by atoms with E-state index in [1.54, 1.807) is 4.90 Å². The Bertz CT molecular complexity index is 559. The van der Waals surface area contributed by atoms with Gasteiger partial charge in [-0.25, -0.2) is 4.39 Å². The quantitative estimate of drug-likeness (QED) is 0.798. The molecule has 1 atom stereocenters. The van der Waals surface area contributed by atoms with Crippen molar-refractivity contribution in [3.63, 3.8) is 0 Å². The van der Waals surface area contributed by atoms with Crippen LogP contribution in [0.1, 0.15) is 42.1 Å². The molecule has 1 amide bonds. The summed E-state index contributed by atoms with van der Waals surface area (Å²) in [4.78, 5) is 14.2. The van der Waals surface area contributed by atoms with E-state index >= 15 is 0 Å². The monoisotopic (exact) mass is 275 g/mol. The Hall–Kier alpha value is -1.86. The number of carbonyl (C=O) groups is 1. The summed E-state index contributed by atoms with van der Waals surface area (Å²) in [5.41, 5.74) is 0.594. The van der Waals surface area contributed by atoms with Crippen LogP contribution in [0.25, 0.3) is 0 Å². The molecule has 1 N–H and O–H groups in total. The van der Waals surface area contributed by atoms with E-state index in [9.17, 15) is 9.18 Å². The zero-order valence-corrected chi connectivity index (χ0v) is 11.5. The van der Waals surface area contributed by atoms with Crippen molar-refractivity contribution >= 4 is 5.91 Å². The minimum absolute atomic E-state index is 0.0588. The molecule has 4 heteroatoms. The number of carbonyl (C=O) groups excluding carboxylic acids is 1. The van der Waals surface area contributed by atoms with E-state index in [2.05, 4.69) is 11.8 Å². The Labute approximate surface area is 118 Å². The molecule has 20 heavy (non-hydrogen) atoms. The van der Waals surface area contributed by atoms with Crippen molar-refractivity contribution in [3.05, 3.63) is 35.1 Å². The highest BCUT2D eigenvalue weighted by molar-refractivity contribution is 5.95. The highest BCUT2D eigenvalue weighted by Gasteiger charge is 2.26. The molecule has 0 radical (unpaired) electrons. The van der Waals surface area contributed by atoms with Gasteiger partial charge in [-0.2, -0.15) is 0 Å². The zero-order valence-electron chi connectivity index (χ0n) is 11.5. The molecule has 0 saturated carbocycles. The summed E-state index contributed by atoms with van der Waals surface area (Å²) in [5.74, 6) is 4.39. The number of rotatable bonds is 1. The Balaban J connectivity index is 2.28. The fourth-order valence-electron chi connectivity index (χ4n) is 2.46. The molecule has 106 valence electrons. The minimum Gasteiger partial charge on any atom is -0.384 e. The Kier molecular flexibility index (Phi) is 4.75. The van der Waals surface area contributed by atoms with Crippen LogP contribution >= 0.6 is 0 Å². The molecule has 1 fully saturated rings. The van der Waals surface area contributed by atoms with E-state index in [0.717, 1.165) is 19.3 Å². The van der Waals surface area contributed by atoms with Crippen LogP contribution in [0.5, 0.6) is 0 Å². The average molecular weight is 275 g/mol. The van der Waals surface area contributed by atoms with Crippen molar-refractivity contribution in [2.24, 2.45) is 0 Å². The summed E-state index contributed by atoms with van der Waals surface area (Å²) in [7, 11) is 0. The van der Waals surface area contributed by atoms with Gasteiger partial charge >= 0.3 is 0 Å². The van der Waals surface area contributed by atoms with Crippen LogP contribution in [0, 0.1) is 17.7 Å². The normalized spacial score (nSPS) is 18.4. The summed E-state index contributed by atoms with van der Waals surface area (Å²) in [6.07, 6.45) is 3.02. The molecule has 1 heterocycles. The van der Waals surface area contributed by atoms with Crippen LogP contribution in [0.4, 0.5) is 4.39 Å². The number of benzene rings is 1. The topological polar surface area (TPSA) is 40.5 Å². The van der Waals surface area contributed by atoms with Gasteiger partial charge in [-0.05, 0) is 44.4 Å². The molecule has 0 spiro atoms. The zero-order chi connectivity index (χ0) is 14.5. The van der Waals surface area contributed by atoms with Gasteiger partial charge in [0, 0.05) is 18.2 Å². The predicted molar refractivity (Wildman–Crippen MR) is 74.7 cm³/mol. The molecule has 3 nitrogen and oxygen atoms in total. The Morgan fingerprint density at radius 2 is 2.30 bits per heavy atom. The Morgan fingerprint density at radius 3 is 3.00 bits per heavy atom. The number of nitrogens with zero attached hydrogens (tertiary/aromatic N) is 1. The van der Waals surface area contributed by atoms with Crippen molar-refractivity contribution in [2.75, 3.05) is 13.2 Å². The van der Waals surface area contributed by atoms with E-state index in [4.69, 9.17) is 5.11 Å². The SMILES string of the molecule is CC1CCCCN1C(=O)c1cc(C#CCO)ccc1F. The van der Waals surface area contributed by atoms with Gasteiger partial charge in [-0.1, -0.05) is 11.8 Å². The fourth-order valence-corrected chi connectivity index (χ4v) is 2.46. The van der Waals surface area contributed by atoms with Crippen molar-refractivity contribution in [1.82, 2.24) is 4.90 Å². The first-order valence-electron chi connectivity index (χ1n) is 6.83. The molecular formula is C16H18FNO2. The van der Waals surface area contributed by atoms with Gasteiger partial charge in [0.1, 0.15) is 12.4 Å². The maximum atomic E-state index is 13.9.